The Morgan fingerprint density at radius 2 is 2.28 bits per heavy atom. The van der Waals surface area contributed by atoms with E-state index in [4.69, 9.17) is 10.8 Å². The summed E-state index contributed by atoms with van der Waals surface area (Å²) in [7, 11) is 0. The fraction of sp³-hybridized carbons (Fsp3) is 0.250. The summed E-state index contributed by atoms with van der Waals surface area (Å²) >= 11 is 0. The first-order valence-corrected chi connectivity index (χ1v) is 5.65. The Hall–Kier alpha value is -2.37. The molecule has 6 nitrogen and oxygen atoms in total. The van der Waals surface area contributed by atoms with E-state index in [9.17, 15) is 4.79 Å². The van der Waals surface area contributed by atoms with Gasteiger partial charge in [-0.3, -0.25) is 4.57 Å². The Bertz CT molecular complexity index is 577. The summed E-state index contributed by atoms with van der Waals surface area (Å²) in [6, 6.07) is 1.40. The van der Waals surface area contributed by atoms with Crippen molar-refractivity contribution in [3.05, 3.63) is 36.0 Å². The largest absolute Gasteiger partial charge is 0.478 e. The number of carboxylic acid groups (broad SMARTS) is 1. The molecule has 0 saturated carbocycles. The fourth-order valence-corrected chi connectivity index (χ4v) is 1.73. The van der Waals surface area contributed by atoms with Crippen molar-refractivity contribution in [2.24, 2.45) is 0 Å². The average molecular weight is 246 g/mol. The van der Waals surface area contributed by atoms with Gasteiger partial charge in [0.05, 0.1) is 11.3 Å². The molecule has 0 amide bonds. The van der Waals surface area contributed by atoms with Gasteiger partial charge in [-0.25, -0.2) is 14.8 Å². The number of pyridine rings is 1. The monoisotopic (exact) mass is 246 g/mol. The summed E-state index contributed by atoms with van der Waals surface area (Å²) in [6.45, 7) is 2.06. The predicted octanol–water partition coefficient (Wildman–Crippen LogP) is 1.50. The Kier molecular flexibility index (Phi) is 3.27. The molecule has 0 atom stereocenters. The highest BCUT2D eigenvalue weighted by Crippen LogP contribution is 2.18. The van der Waals surface area contributed by atoms with Crippen molar-refractivity contribution in [2.45, 2.75) is 19.8 Å². The summed E-state index contributed by atoms with van der Waals surface area (Å²) in [5.41, 5.74) is 6.24. The number of hydrogen-bond acceptors (Lipinski definition) is 4. The summed E-state index contributed by atoms with van der Waals surface area (Å²) in [6.07, 6.45) is 6.52. The second kappa shape index (κ2) is 4.87. The van der Waals surface area contributed by atoms with Gasteiger partial charge in [-0.1, -0.05) is 6.92 Å². The zero-order chi connectivity index (χ0) is 13.1. The summed E-state index contributed by atoms with van der Waals surface area (Å²) in [5, 5.41) is 8.85. The lowest BCUT2D eigenvalue weighted by Gasteiger charge is -2.09. The Labute approximate surface area is 104 Å². The normalized spacial score (nSPS) is 10.5. The van der Waals surface area contributed by atoms with Crippen molar-refractivity contribution >= 4 is 11.7 Å². The van der Waals surface area contributed by atoms with Crippen LogP contribution in [0.15, 0.2) is 24.7 Å². The van der Waals surface area contributed by atoms with Gasteiger partial charge in [0, 0.05) is 25.0 Å². The highest BCUT2D eigenvalue weighted by atomic mass is 16.4. The number of aryl methyl sites for hydroxylation is 1. The number of carboxylic acids is 1. The van der Waals surface area contributed by atoms with E-state index in [-0.39, 0.29) is 5.56 Å². The number of carbonyl (C=O) groups is 1. The first kappa shape index (κ1) is 12.1. The third-order valence-electron chi connectivity index (χ3n) is 2.56. The summed E-state index contributed by atoms with van der Waals surface area (Å²) in [5.74, 6) is 0.334. The number of anilines is 1. The Morgan fingerprint density at radius 3 is 2.89 bits per heavy atom. The maximum atomic E-state index is 10.8. The van der Waals surface area contributed by atoms with Crippen LogP contribution in [0, 0.1) is 0 Å². The number of nitrogens with zero attached hydrogens (tertiary/aromatic N) is 3. The van der Waals surface area contributed by atoms with Crippen LogP contribution >= 0.6 is 0 Å². The van der Waals surface area contributed by atoms with Gasteiger partial charge in [0.25, 0.3) is 0 Å². The first-order valence-electron chi connectivity index (χ1n) is 5.65. The molecule has 2 aromatic heterocycles. The van der Waals surface area contributed by atoms with Crippen molar-refractivity contribution in [3.8, 4) is 5.82 Å². The molecule has 0 radical (unpaired) electrons. The third-order valence-corrected chi connectivity index (χ3v) is 2.56. The fourth-order valence-electron chi connectivity index (χ4n) is 1.73. The van der Waals surface area contributed by atoms with Crippen LogP contribution in [0.5, 0.6) is 0 Å². The van der Waals surface area contributed by atoms with E-state index in [1.807, 2.05) is 0 Å². The number of rotatable bonds is 4. The molecule has 0 fully saturated rings. The van der Waals surface area contributed by atoms with Gasteiger partial charge in [-0.2, -0.15) is 0 Å². The molecule has 3 N–H and O–H groups in total. The van der Waals surface area contributed by atoms with Gasteiger partial charge in [0.1, 0.15) is 5.82 Å². The zero-order valence-electron chi connectivity index (χ0n) is 10.00. The van der Waals surface area contributed by atoms with Crippen LogP contribution in [0.3, 0.4) is 0 Å². The number of nitrogens with two attached hydrogens (primary N) is 1. The molecule has 0 aliphatic heterocycles. The average Bonchev–Trinajstić information content (AvgIpc) is 2.77. The molecule has 0 aromatic carbocycles. The van der Waals surface area contributed by atoms with Crippen molar-refractivity contribution in [1.82, 2.24) is 14.5 Å². The Balaban J connectivity index is 2.44. The smallest absolute Gasteiger partial charge is 0.337 e. The maximum absolute atomic E-state index is 10.8. The van der Waals surface area contributed by atoms with Crippen LogP contribution < -0.4 is 5.73 Å². The molecule has 2 rings (SSSR count). The third kappa shape index (κ3) is 2.17. The molecule has 0 saturated heterocycles. The van der Waals surface area contributed by atoms with Gasteiger partial charge in [-0.15, -0.1) is 0 Å². The minimum absolute atomic E-state index is 0.0772. The van der Waals surface area contributed by atoms with E-state index in [2.05, 4.69) is 16.9 Å². The van der Waals surface area contributed by atoms with Crippen molar-refractivity contribution in [2.75, 3.05) is 5.73 Å². The highest BCUT2D eigenvalue weighted by Gasteiger charge is 2.11. The summed E-state index contributed by atoms with van der Waals surface area (Å²) < 4.78 is 1.78. The number of nitrogen functional groups attached to an aromatic ring is 1. The molecule has 94 valence electrons. The minimum Gasteiger partial charge on any atom is -0.478 e. The van der Waals surface area contributed by atoms with E-state index in [1.54, 1.807) is 17.0 Å². The molecule has 0 spiro atoms. The number of aromatic carboxylic acids is 1. The van der Waals surface area contributed by atoms with E-state index in [1.165, 1.54) is 12.3 Å². The highest BCUT2D eigenvalue weighted by molar-refractivity contribution is 5.88. The van der Waals surface area contributed by atoms with Crippen LogP contribution in [0.1, 0.15) is 29.5 Å². The molecule has 2 aromatic rings. The van der Waals surface area contributed by atoms with Crippen LogP contribution in [0.4, 0.5) is 5.69 Å². The van der Waals surface area contributed by atoms with Crippen LogP contribution in [-0.2, 0) is 6.42 Å². The number of imidazole rings is 1. The minimum atomic E-state index is -1.04. The van der Waals surface area contributed by atoms with Gasteiger partial charge >= 0.3 is 5.97 Å². The molecule has 0 bridgehead atoms. The molecular formula is C12H14N4O2. The number of hydrogen-bond donors (Lipinski definition) is 2. The quantitative estimate of drug-likeness (QED) is 0.852. The van der Waals surface area contributed by atoms with Crippen molar-refractivity contribution in [1.29, 1.82) is 0 Å². The lowest BCUT2D eigenvalue weighted by molar-refractivity contribution is 0.0696. The van der Waals surface area contributed by atoms with Gasteiger partial charge in [-0.05, 0) is 12.5 Å². The molecule has 18 heavy (non-hydrogen) atoms. The molecule has 0 aliphatic rings. The van der Waals surface area contributed by atoms with Crippen LogP contribution in [0.2, 0.25) is 0 Å². The lowest BCUT2D eigenvalue weighted by atomic mass is 10.2. The lowest BCUT2D eigenvalue weighted by Crippen LogP contribution is -2.08. The maximum Gasteiger partial charge on any atom is 0.337 e. The van der Waals surface area contributed by atoms with E-state index in [0.29, 0.717) is 11.5 Å². The summed E-state index contributed by atoms with van der Waals surface area (Å²) in [4.78, 5) is 19.1. The number of aromatic nitrogens is 3. The second-order valence-electron chi connectivity index (χ2n) is 3.91. The molecule has 2 heterocycles. The zero-order valence-corrected chi connectivity index (χ0v) is 10.00. The predicted molar refractivity (Wildman–Crippen MR) is 66.7 cm³/mol. The SMILES string of the molecule is CCCc1nccn1-c1ncc(C(=O)O)cc1N. The van der Waals surface area contributed by atoms with Gasteiger partial charge in [0.15, 0.2) is 5.82 Å². The van der Waals surface area contributed by atoms with Crippen LogP contribution in [0.25, 0.3) is 5.82 Å². The molecule has 0 aliphatic carbocycles. The molecular weight excluding hydrogens is 232 g/mol. The molecule has 0 unspecified atom stereocenters. The van der Waals surface area contributed by atoms with E-state index < -0.39 is 5.97 Å². The molecule has 6 heteroatoms. The van der Waals surface area contributed by atoms with Crippen LogP contribution in [-0.4, -0.2) is 25.6 Å². The van der Waals surface area contributed by atoms with Gasteiger partial charge in [0.2, 0.25) is 0 Å². The first-order chi connectivity index (χ1) is 8.63. The standard InChI is InChI=1S/C12H14N4O2/c1-2-3-10-14-4-5-16(10)11-9(13)6-8(7-15-11)12(17)18/h4-7H,2-3,13H2,1H3,(H,17,18). The van der Waals surface area contributed by atoms with Gasteiger partial charge < -0.3 is 10.8 Å². The van der Waals surface area contributed by atoms with E-state index >= 15 is 0 Å². The van der Waals surface area contributed by atoms with Crippen molar-refractivity contribution < 1.29 is 9.90 Å². The Morgan fingerprint density at radius 1 is 1.50 bits per heavy atom. The van der Waals surface area contributed by atoms with E-state index in [0.717, 1.165) is 18.7 Å². The van der Waals surface area contributed by atoms with Crippen molar-refractivity contribution in [3.63, 3.8) is 0 Å². The topological polar surface area (TPSA) is 94.0 Å². The second-order valence-corrected chi connectivity index (χ2v) is 3.91.